The first-order valence-corrected chi connectivity index (χ1v) is 7.47. The fraction of sp³-hybridized carbons (Fsp3) is 0.111. The van der Waals surface area contributed by atoms with Crippen LogP contribution in [0, 0.1) is 6.92 Å². The quantitative estimate of drug-likeness (QED) is 0.877. The van der Waals surface area contributed by atoms with E-state index in [-0.39, 0.29) is 5.91 Å². The van der Waals surface area contributed by atoms with Crippen LogP contribution >= 0.6 is 11.6 Å². The number of amides is 1. The normalized spacial score (nSPS) is 15.5. The number of benzene rings is 2. The molecule has 0 saturated heterocycles. The minimum absolute atomic E-state index is 0.229. The Balaban J connectivity index is 1.91. The lowest BCUT2D eigenvalue weighted by atomic mass is 10.1. The Morgan fingerprint density at radius 3 is 2.57 bits per heavy atom. The maximum atomic E-state index is 12.1. The minimum Gasteiger partial charge on any atom is -0.495 e. The molecule has 23 heavy (non-hydrogen) atoms. The van der Waals surface area contributed by atoms with E-state index in [9.17, 15) is 4.79 Å². The highest BCUT2D eigenvalue weighted by Crippen LogP contribution is 2.26. The molecule has 1 aliphatic rings. The Morgan fingerprint density at radius 1 is 1.17 bits per heavy atom. The predicted molar refractivity (Wildman–Crippen MR) is 91.8 cm³/mol. The number of methoxy groups -OCH3 is 1. The highest BCUT2D eigenvalue weighted by molar-refractivity contribution is 6.32. The van der Waals surface area contributed by atoms with Crippen molar-refractivity contribution in [1.82, 2.24) is 5.32 Å². The van der Waals surface area contributed by atoms with Gasteiger partial charge < -0.3 is 10.1 Å². The largest absolute Gasteiger partial charge is 0.495 e. The van der Waals surface area contributed by atoms with Crippen molar-refractivity contribution in [2.24, 2.45) is 4.99 Å². The van der Waals surface area contributed by atoms with E-state index in [0.717, 1.165) is 16.7 Å². The molecule has 2 aromatic carbocycles. The molecule has 0 unspecified atom stereocenters. The molecule has 0 aromatic heterocycles. The number of aryl methyl sites for hydroxylation is 1. The van der Waals surface area contributed by atoms with Crippen LogP contribution in [0.5, 0.6) is 5.75 Å². The second-order valence-electron chi connectivity index (χ2n) is 5.20. The van der Waals surface area contributed by atoms with Crippen molar-refractivity contribution in [3.8, 4) is 5.75 Å². The van der Waals surface area contributed by atoms with E-state index in [2.05, 4.69) is 10.3 Å². The number of carbonyl (C=O) groups excluding carboxylic acids is 1. The van der Waals surface area contributed by atoms with Crippen LogP contribution in [0.4, 0.5) is 0 Å². The van der Waals surface area contributed by atoms with Gasteiger partial charge in [-0.05, 0) is 30.7 Å². The lowest BCUT2D eigenvalue weighted by Crippen LogP contribution is -2.24. The number of nitrogens with one attached hydrogen (secondary N) is 1. The van der Waals surface area contributed by atoms with Gasteiger partial charge in [-0.1, -0.05) is 47.5 Å². The number of ether oxygens (including phenoxy) is 1. The van der Waals surface area contributed by atoms with Gasteiger partial charge in [0.15, 0.2) is 0 Å². The number of aliphatic imine (C=N–C) groups is 1. The van der Waals surface area contributed by atoms with E-state index in [4.69, 9.17) is 16.3 Å². The third-order valence-corrected chi connectivity index (χ3v) is 3.80. The van der Waals surface area contributed by atoms with Gasteiger partial charge in [-0.25, -0.2) is 4.99 Å². The summed E-state index contributed by atoms with van der Waals surface area (Å²) in [7, 11) is 1.56. The summed E-state index contributed by atoms with van der Waals surface area (Å²) in [5.41, 5.74) is 3.17. The average Bonchev–Trinajstić information content (AvgIpc) is 2.89. The summed E-state index contributed by atoms with van der Waals surface area (Å²) in [6.45, 7) is 2.01. The summed E-state index contributed by atoms with van der Waals surface area (Å²) in [5.74, 6) is 0.918. The molecule has 5 heteroatoms. The first-order valence-electron chi connectivity index (χ1n) is 7.09. The Kier molecular flexibility index (Phi) is 4.17. The lowest BCUT2D eigenvalue weighted by molar-refractivity contribution is -0.115. The van der Waals surface area contributed by atoms with Crippen molar-refractivity contribution in [2.75, 3.05) is 7.11 Å². The van der Waals surface area contributed by atoms with Crippen LogP contribution in [0.2, 0.25) is 5.02 Å². The Labute approximate surface area is 139 Å². The third kappa shape index (κ3) is 3.27. The van der Waals surface area contributed by atoms with Crippen LogP contribution in [-0.2, 0) is 4.79 Å². The fourth-order valence-corrected chi connectivity index (χ4v) is 2.51. The standard InChI is InChI=1S/C18H15ClN2O2/c1-11-3-6-13(7-4-11)17-20-15(18(22)21-17)10-12-5-8-16(23-2)14(19)9-12/h3-10H,1-2H3,(H,20,21,22)/b15-10+. The number of halogens is 1. The van der Waals surface area contributed by atoms with Gasteiger partial charge in [-0.3, -0.25) is 4.79 Å². The third-order valence-electron chi connectivity index (χ3n) is 3.50. The summed E-state index contributed by atoms with van der Waals surface area (Å²) in [6, 6.07) is 13.1. The number of hydrogen-bond donors (Lipinski definition) is 1. The van der Waals surface area contributed by atoms with Crippen LogP contribution in [0.15, 0.2) is 53.2 Å². The van der Waals surface area contributed by atoms with Gasteiger partial charge in [-0.2, -0.15) is 0 Å². The molecule has 3 rings (SSSR count). The number of carbonyl (C=O) groups is 1. The second kappa shape index (κ2) is 6.26. The molecule has 0 aliphatic carbocycles. The second-order valence-corrected chi connectivity index (χ2v) is 5.61. The number of nitrogens with zero attached hydrogens (tertiary/aromatic N) is 1. The Bertz CT molecular complexity index is 823. The van der Waals surface area contributed by atoms with Crippen molar-refractivity contribution in [3.05, 3.63) is 69.9 Å². The van der Waals surface area contributed by atoms with Crippen molar-refractivity contribution >= 4 is 29.4 Å². The molecule has 0 radical (unpaired) electrons. The topological polar surface area (TPSA) is 50.7 Å². The predicted octanol–water partition coefficient (Wildman–Crippen LogP) is 3.57. The highest BCUT2D eigenvalue weighted by Gasteiger charge is 2.21. The monoisotopic (exact) mass is 326 g/mol. The van der Waals surface area contributed by atoms with E-state index in [1.807, 2.05) is 37.3 Å². The molecule has 0 spiro atoms. The fourth-order valence-electron chi connectivity index (χ4n) is 2.25. The molecule has 4 nitrogen and oxygen atoms in total. The molecule has 0 saturated carbocycles. The van der Waals surface area contributed by atoms with Crippen LogP contribution in [0.3, 0.4) is 0 Å². The summed E-state index contributed by atoms with van der Waals surface area (Å²) in [6.07, 6.45) is 1.70. The molecule has 0 bridgehead atoms. The summed E-state index contributed by atoms with van der Waals surface area (Å²) in [4.78, 5) is 16.5. The van der Waals surface area contributed by atoms with Gasteiger partial charge in [0, 0.05) is 5.56 Å². The summed E-state index contributed by atoms with van der Waals surface area (Å²) < 4.78 is 5.12. The smallest absolute Gasteiger partial charge is 0.275 e. The van der Waals surface area contributed by atoms with Gasteiger partial charge in [-0.15, -0.1) is 0 Å². The molecule has 1 heterocycles. The first kappa shape index (κ1) is 15.3. The Morgan fingerprint density at radius 2 is 1.91 bits per heavy atom. The molecular weight excluding hydrogens is 312 g/mol. The molecule has 0 atom stereocenters. The molecule has 116 valence electrons. The van der Waals surface area contributed by atoms with E-state index in [1.165, 1.54) is 0 Å². The zero-order valence-corrected chi connectivity index (χ0v) is 13.5. The van der Waals surface area contributed by atoms with E-state index in [1.54, 1.807) is 25.3 Å². The number of rotatable bonds is 3. The maximum absolute atomic E-state index is 12.1. The average molecular weight is 327 g/mol. The summed E-state index contributed by atoms with van der Waals surface area (Å²) >= 11 is 6.10. The van der Waals surface area contributed by atoms with Gasteiger partial charge >= 0.3 is 0 Å². The highest BCUT2D eigenvalue weighted by atomic mass is 35.5. The zero-order valence-electron chi connectivity index (χ0n) is 12.8. The van der Waals surface area contributed by atoms with E-state index in [0.29, 0.717) is 22.3 Å². The van der Waals surface area contributed by atoms with Gasteiger partial charge in [0.1, 0.15) is 17.3 Å². The minimum atomic E-state index is -0.229. The lowest BCUT2D eigenvalue weighted by Gasteiger charge is -2.03. The summed E-state index contributed by atoms with van der Waals surface area (Å²) in [5, 5.41) is 3.27. The van der Waals surface area contributed by atoms with Crippen molar-refractivity contribution in [2.45, 2.75) is 6.92 Å². The van der Waals surface area contributed by atoms with Crippen LogP contribution in [0.1, 0.15) is 16.7 Å². The molecule has 1 amide bonds. The Hall–Kier alpha value is -2.59. The van der Waals surface area contributed by atoms with E-state index >= 15 is 0 Å². The molecule has 0 fully saturated rings. The van der Waals surface area contributed by atoms with Crippen molar-refractivity contribution in [3.63, 3.8) is 0 Å². The molecule has 2 aromatic rings. The van der Waals surface area contributed by atoms with Crippen LogP contribution < -0.4 is 10.1 Å². The SMILES string of the molecule is COc1ccc(/C=C2/N=C(c3ccc(C)cc3)NC2=O)cc1Cl. The zero-order chi connectivity index (χ0) is 16.4. The van der Waals surface area contributed by atoms with Crippen LogP contribution in [0.25, 0.3) is 6.08 Å². The van der Waals surface area contributed by atoms with Crippen molar-refractivity contribution in [1.29, 1.82) is 0 Å². The number of hydrogen-bond acceptors (Lipinski definition) is 3. The molecule has 1 N–H and O–H groups in total. The van der Waals surface area contributed by atoms with Crippen molar-refractivity contribution < 1.29 is 9.53 Å². The van der Waals surface area contributed by atoms with Gasteiger partial charge in [0.05, 0.1) is 12.1 Å². The first-order chi connectivity index (χ1) is 11.1. The van der Waals surface area contributed by atoms with Gasteiger partial charge in [0.25, 0.3) is 5.91 Å². The van der Waals surface area contributed by atoms with Crippen LogP contribution in [-0.4, -0.2) is 18.9 Å². The molecular formula is C18H15ClN2O2. The van der Waals surface area contributed by atoms with Gasteiger partial charge in [0.2, 0.25) is 0 Å². The van der Waals surface area contributed by atoms with E-state index < -0.39 is 0 Å². The molecule has 1 aliphatic heterocycles. The number of amidine groups is 1. The maximum Gasteiger partial charge on any atom is 0.275 e.